The first-order valence-electron chi connectivity index (χ1n) is 2.23. The Morgan fingerprint density at radius 3 is 2.78 bits per heavy atom. The van der Waals surface area contributed by atoms with Crippen LogP contribution in [0.3, 0.4) is 0 Å². The molecule has 1 aromatic rings. The summed E-state index contributed by atoms with van der Waals surface area (Å²) in [5.74, 6) is 0.395. The van der Waals surface area contributed by atoms with E-state index in [1.165, 1.54) is 0 Å². The lowest BCUT2D eigenvalue weighted by molar-refractivity contribution is -0.553. The fourth-order valence-electron chi connectivity index (χ4n) is 0.414. The Balaban J connectivity index is 2.98. The monoisotopic (exact) mass is 128 g/mol. The molecule has 1 heterocycles. The third kappa shape index (κ3) is 1.01. The lowest BCUT2D eigenvalue weighted by atomic mass is 10.8. The molecule has 0 fully saturated rings. The van der Waals surface area contributed by atoms with Gasteiger partial charge in [-0.1, -0.05) is 0 Å². The molecule has 0 aromatic carbocycles. The van der Waals surface area contributed by atoms with E-state index >= 15 is 0 Å². The van der Waals surface area contributed by atoms with E-state index in [4.69, 9.17) is 0 Å². The van der Waals surface area contributed by atoms with Gasteiger partial charge in [0.25, 0.3) is 5.82 Å². The zero-order chi connectivity index (χ0) is 6.85. The van der Waals surface area contributed by atoms with E-state index in [-0.39, 0.29) is 0 Å². The summed E-state index contributed by atoms with van der Waals surface area (Å²) in [4.78, 5) is 14.0. The highest BCUT2D eigenvalue weighted by molar-refractivity contribution is 4.71. The molecule has 0 N–H and O–H groups in total. The van der Waals surface area contributed by atoms with Crippen LogP contribution in [0.1, 0.15) is 5.82 Å². The molecule has 0 radical (unpaired) electrons. The summed E-state index contributed by atoms with van der Waals surface area (Å²) in [5, 5.41) is 12.6. The highest BCUT2D eigenvalue weighted by Crippen LogP contribution is 1.83. The molecule has 0 aliphatic carbocycles. The molecule has 0 bridgehead atoms. The highest BCUT2D eigenvalue weighted by Gasteiger charge is 2.03. The molecule has 0 unspecified atom stereocenters. The van der Waals surface area contributed by atoms with Crippen LogP contribution in [-0.4, -0.2) is 19.9 Å². The van der Waals surface area contributed by atoms with Gasteiger partial charge in [-0.2, -0.15) is 4.98 Å². The number of hydrogen-bond donors (Lipinski definition) is 0. The topological polar surface area (TPSA) is 73.8 Å². The minimum absolute atomic E-state index is 0.395. The van der Waals surface area contributed by atoms with Crippen LogP contribution >= 0.6 is 0 Å². The normalized spacial score (nSPS) is 9.44. The maximum atomic E-state index is 9.88. The molecule has 0 atom stereocenters. The van der Waals surface area contributed by atoms with Crippen LogP contribution in [0.2, 0.25) is 0 Å². The molecular weight excluding hydrogens is 124 g/mol. The summed E-state index contributed by atoms with van der Waals surface area (Å²) >= 11 is 0. The molecule has 1 rings (SSSR count). The van der Waals surface area contributed by atoms with Gasteiger partial charge in [0.05, 0.1) is 10.1 Å². The molecule has 0 spiro atoms. The second kappa shape index (κ2) is 1.81. The summed E-state index contributed by atoms with van der Waals surface area (Å²) in [6.45, 7) is 1.58. The first-order valence-corrected chi connectivity index (χ1v) is 2.23. The van der Waals surface area contributed by atoms with Crippen molar-refractivity contribution in [2.24, 2.45) is 0 Å². The van der Waals surface area contributed by atoms with Crippen molar-refractivity contribution in [1.29, 1.82) is 0 Å². The fourth-order valence-corrected chi connectivity index (χ4v) is 0.414. The molecule has 0 aliphatic heterocycles. The van der Waals surface area contributed by atoms with E-state index in [0.29, 0.717) is 10.6 Å². The van der Waals surface area contributed by atoms with Crippen LogP contribution in [0.5, 0.6) is 0 Å². The Morgan fingerprint density at radius 2 is 2.56 bits per heavy atom. The van der Waals surface area contributed by atoms with E-state index in [2.05, 4.69) is 10.1 Å². The highest BCUT2D eigenvalue weighted by atomic mass is 16.7. The molecule has 1 aromatic heterocycles. The first kappa shape index (κ1) is 5.67. The number of nitrogens with zero attached hydrogens (tertiary/aromatic N) is 4. The van der Waals surface area contributed by atoms with Gasteiger partial charge >= 0.3 is 0 Å². The Kier molecular flexibility index (Phi) is 1.14. The maximum Gasteiger partial charge on any atom is 0.267 e. The zero-order valence-electron chi connectivity index (χ0n) is 4.68. The van der Waals surface area contributed by atoms with Gasteiger partial charge < -0.3 is 10.1 Å². The maximum absolute atomic E-state index is 9.88. The van der Waals surface area contributed by atoms with Crippen molar-refractivity contribution >= 4 is 0 Å². The predicted octanol–water partition coefficient (Wildman–Crippen LogP) is -0.374. The molecule has 6 nitrogen and oxygen atoms in total. The van der Waals surface area contributed by atoms with Gasteiger partial charge in [0.15, 0.2) is 6.33 Å². The molecule has 0 aliphatic rings. The van der Waals surface area contributed by atoms with Crippen LogP contribution in [0.25, 0.3) is 0 Å². The lowest BCUT2D eigenvalue weighted by Crippen LogP contribution is -2.08. The van der Waals surface area contributed by atoms with E-state index in [1.807, 2.05) is 0 Å². The van der Waals surface area contributed by atoms with Gasteiger partial charge in [-0.3, -0.25) is 0 Å². The van der Waals surface area contributed by atoms with E-state index in [9.17, 15) is 10.1 Å². The van der Waals surface area contributed by atoms with Crippen molar-refractivity contribution in [2.75, 3.05) is 0 Å². The largest absolute Gasteiger partial charge is 0.339 e. The molecule has 0 saturated heterocycles. The Hall–Kier alpha value is -1.46. The molecular formula is C3H4N4O2. The van der Waals surface area contributed by atoms with Gasteiger partial charge in [0, 0.05) is 11.7 Å². The van der Waals surface area contributed by atoms with Crippen LogP contribution in [0.15, 0.2) is 6.33 Å². The number of nitro groups is 1. The number of hydrogen-bond acceptors (Lipinski definition) is 4. The summed E-state index contributed by atoms with van der Waals surface area (Å²) in [6, 6.07) is 0. The molecule has 48 valence electrons. The molecule has 0 amide bonds. The second-order valence-corrected chi connectivity index (χ2v) is 1.45. The smallest absolute Gasteiger partial charge is 0.267 e. The van der Waals surface area contributed by atoms with Crippen molar-refractivity contribution < 1.29 is 5.03 Å². The number of aromatic nitrogens is 3. The van der Waals surface area contributed by atoms with Crippen molar-refractivity contribution in [2.45, 2.75) is 6.92 Å². The fraction of sp³-hybridized carbons (Fsp3) is 0.333. The Labute approximate surface area is 50.2 Å². The third-order valence-electron chi connectivity index (χ3n) is 0.762. The van der Waals surface area contributed by atoms with Gasteiger partial charge in [0.2, 0.25) is 0 Å². The van der Waals surface area contributed by atoms with Crippen molar-refractivity contribution in [1.82, 2.24) is 14.9 Å². The van der Waals surface area contributed by atoms with E-state index in [0.717, 1.165) is 6.33 Å². The van der Waals surface area contributed by atoms with Gasteiger partial charge in [-0.05, 0) is 0 Å². The summed E-state index contributed by atoms with van der Waals surface area (Å²) < 4.78 is 0. The minimum Gasteiger partial charge on any atom is -0.339 e. The van der Waals surface area contributed by atoms with Crippen LogP contribution in [-0.2, 0) is 0 Å². The minimum atomic E-state index is -0.653. The standard InChI is InChI=1S/C3H4N4O2/c1-3-4-2-6(5-3)7(8)9/h2H,1H3. The quantitative estimate of drug-likeness (QED) is 0.382. The van der Waals surface area contributed by atoms with Gasteiger partial charge in [-0.15, -0.1) is 0 Å². The Morgan fingerprint density at radius 1 is 1.89 bits per heavy atom. The zero-order valence-corrected chi connectivity index (χ0v) is 4.68. The predicted molar refractivity (Wildman–Crippen MR) is 27.2 cm³/mol. The lowest BCUT2D eigenvalue weighted by Gasteiger charge is -1.84. The van der Waals surface area contributed by atoms with Crippen LogP contribution in [0, 0.1) is 17.0 Å². The average Bonchev–Trinajstić information content (AvgIpc) is 2.14. The third-order valence-corrected chi connectivity index (χ3v) is 0.762. The number of aryl methyl sites for hydroxylation is 1. The van der Waals surface area contributed by atoms with Crippen molar-refractivity contribution in [3.05, 3.63) is 22.3 Å². The van der Waals surface area contributed by atoms with Crippen molar-refractivity contribution in [3.63, 3.8) is 0 Å². The SMILES string of the molecule is Cc1ncn([N+](=O)[O-])n1. The van der Waals surface area contributed by atoms with E-state index in [1.54, 1.807) is 6.92 Å². The summed E-state index contributed by atoms with van der Waals surface area (Å²) in [5.41, 5.74) is 0. The van der Waals surface area contributed by atoms with Gasteiger partial charge in [-0.25, -0.2) is 0 Å². The molecule has 0 saturated carbocycles. The molecule has 9 heavy (non-hydrogen) atoms. The second-order valence-electron chi connectivity index (χ2n) is 1.45. The molecule has 6 heteroatoms. The van der Waals surface area contributed by atoms with Crippen LogP contribution in [0.4, 0.5) is 0 Å². The van der Waals surface area contributed by atoms with Crippen LogP contribution < -0.4 is 0 Å². The van der Waals surface area contributed by atoms with E-state index < -0.39 is 5.03 Å². The average molecular weight is 128 g/mol. The summed E-state index contributed by atoms with van der Waals surface area (Å²) in [7, 11) is 0. The van der Waals surface area contributed by atoms with Crippen molar-refractivity contribution in [3.8, 4) is 0 Å². The number of rotatable bonds is 1. The summed E-state index contributed by atoms with van der Waals surface area (Å²) in [6.07, 6.45) is 1.05. The van der Waals surface area contributed by atoms with Gasteiger partial charge in [0.1, 0.15) is 0 Å². The first-order chi connectivity index (χ1) is 4.20. The Bertz CT molecular complexity index is 229.